The number of benzene rings is 2. The first-order valence-corrected chi connectivity index (χ1v) is 12.4. The Labute approximate surface area is 204 Å². The van der Waals surface area contributed by atoms with E-state index in [1.807, 2.05) is 31.2 Å². The summed E-state index contributed by atoms with van der Waals surface area (Å²) in [6.45, 7) is 5.15. The van der Waals surface area contributed by atoms with Gasteiger partial charge in [0.25, 0.3) is 5.56 Å². The van der Waals surface area contributed by atoms with Crippen molar-refractivity contribution in [3.05, 3.63) is 87.2 Å². The number of pyridine rings is 1. The highest BCUT2D eigenvalue weighted by molar-refractivity contribution is 5.81. The van der Waals surface area contributed by atoms with Crippen LogP contribution in [0.25, 0.3) is 10.9 Å². The lowest BCUT2D eigenvalue weighted by molar-refractivity contribution is 0.112. The second kappa shape index (κ2) is 10.1. The zero-order valence-corrected chi connectivity index (χ0v) is 20.2. The van der Waals surface area contributed by atoms with E-state index in [2.05, 4.69) is 32.3 Å². The van der Waals surface area contributed by atoms with Crippen molar-refractivity contribution in [1.82, 2.24) is 30.1 Å². The quantitative estimate of drug-likeness (QED) is 0.393. The zero-order valence-electron chi connectivity index (χ0n) is 20.2. The van der Waals surface area contributed by atoms with Gasteiger partial charge in [0, 0.05) is 18.2 Å². The number of hydrogen-bond acceptors (Lipinski definition) is 5. The van der Waals surface area contributed by atoms with E-state index in [-0.39, 0.29) is 17.4 Å². The van der Waals surface area contributed by atoms with Gasteiger partial charge in [0.05, 0.1) is 18.1 Å². The number of fused-ring (bicyclic) bond motifs is 1. The van der Waals surface area contributed by atoms with Gasteiger partial charge in [-0.15, -0.1) is 5.10 Å². The minimum absolute atomic E-state index is 0.0406. The van der Waals surface area contributed by atoms with Crippen molar-refractivity contribution >= 4 is 10.9 Å². The summed E-state index contributed by atoms with van der Waals surface area (Å²) in [4.78, 5) is 18.6. The summed E-state index contributed by atoms with van der Waals surface area (Å²) >= 11 is 0. The van der Waals surface area contributed by atoms with Crippen molar-refractivity contribution in [2.75, 3.05) is 0 Å². The van der Waals surface area contributed by atoms with E-state index in [0.29, 0.717) is 19.1 Å². The molecule has 1 saturated carbocycles. The summed E-state index contributed by atoms with van der Waals surface area (Å²) in [5.74, 6) is 0.511. The first kappa shape index (κ1) is 23.4. The average molecular weight is 475 g/mol. The number of aromatic nitrogens is 5. The predicted octanol–water partition coefficient (Wildman–Crippen LogP) is 4.91. The lowest BCUT2D eigenvalue weighted by Crippen LogP contribution is -2.39. The average Bonchev–Trinajstić information content (AvgIpc) is 3.54. The molecule has 0 amide bonds. The molecule has 1 aliphatic carbocycles. The molecule has 0 aliphatic heterocycles. The maximum Gasteiger partial charge on any atom is 0.252 e. The molecule has 0 radical (unpaired) electrons. The number of tetrazole rings is 1. The number of aromatic amines is 1. The minimum Gasteiger partial charge on any atom is -0.321 e. The van der Waals surface area contributed by atoms with Crippen LogP contribution in [-0.2, 0) is 13.1 Å². The number of halogens is 1. The van der Waals surface area contributed by atoms with Crippen molar-refractivity contribution in [3.8, 4) is 0 Å². The van der Waals surface area contributed by atoms with Crippen LogP contribution in [0.5, 0.6) is 0 Å². The molecule has 0 saturated heterocycles. The van der Waals surface area contributed by atoms with E-state index in [4.69, 9.17) is 0 Å². The third-order valence-corrected chi connectivity index (χ3v) is 7.20. The van der Waals surface area contributed by atoms with Crippen LogP contribution < -0.4 is 5.56 Å². The Balaban J connectivity index is 1.49. The molecule has 4 aromatic rings. The molecule has 2 heterocycles. The van der Waals surface area contributed by atoms with Crippen molar-refractivity contribution in [2.45, 2.75) is 71.1 Å². The number of para-hydroxylation sites is 1. The number of nitrogens with zero attached hydrogens (tertiary/aromatic N) is 5. The molecule has 0 spiro atoms. The smallest absolute Gasteiger partial charge is 0.252 e. The van der Waals surface area contributed by atoms with Crippen molar-refractivity contribution < 1.29 is 4.39 Å². The topological polar surface area (TPSA) is 79.7 Å². The SMILES string of the molecule is CC[C@@H](c1nnnn1Cc1ccc(F)cc1)N(Cc1cc2cccc(C)c2[nH]c1=O)C1CCCC1. The Kier molecular flexibility index (Phi) is 6.72. The van der Waals surface area contributed by atoms with Gasteiger partial charge in [-0.05, 0) is 71.3 Å². The predicted molar refractivity (Wildman–Crippen MR) is 133 cm³/mol. The molecular formula is C27H31FN6O. The standard InChI is InChI=1S/C27H31FN6O/c1-3-24(26-30-31-32-34(26)16-19-11-13-22(28)14-12-19)33(23-9-4-5-10-23)17-21-15-20-8-6-7-18(2)25(20)29-27(21)35/h6-8,11-15,23-24H,3-5,9-10,16-17H2,1-2H3,(H,29,35)/t24-/m0/s1. The Morgan fingerprint density at radius 3 is 2.69 bits per heavy atom. The molecule has 2 aromatic heterocycles. The zero-order chi connectivity index (χ0) is 24.4. The first-order valence-electron chi connectivity index (χ1n) is 12.4. The summed E-state index contributed by atoms with van der Waals surface area (Å²) in [5.41, 5.74) is 3.60. The minimum atomic E-state index is -0.264. The molecule has 0 unspecified atom stereocenters. The molecule has 182 valence electrons. The maximum absolute atomic E-state index is 13.4. The third-order valence-electron chi connectivity index (χ3n) is 7.20. The van der Waals surface area contributed by atoms with Crippen LogP contribution in [0, 0.1) is 12.7 Å². The van der Waals surface area contributed by atoms with Gasteiger partial charge in [0.2, 0.25) is 0 Å². The summed E-state index contributed by atoms with van der Waals surface area (Å²) in [5, 5.41) is 13.7. The van der Waals surface area contributed by atoms with Crippen LogP contribution >= 0.6 is 0 Å². The van der Waals surface area contributed by atoms with E-state index in [9.17, 15) is 9.18 Å². The second-order valence-electron chi connectivity index (χ2n) is 9.52. The monoisotopic (exact) mass is 474 g/mol. The summed E-state index contributed by atoms with van der Waals surface area (Å²) in [6, 6.07) is 14.8. The maximum atomic E-state index is 13.4. The van der Waals surface area contributed by atoms with Crippen LogP contribution in [0.4, 0.5) is 4.39 Å². The molecule has 5 rings (SSSR count). The van der Waals surface area contributed by atoms with Crippen LogP contribution in [0.3, 0.4) is 0 Å². The Bertz CT molecular complexity index is 1360. The molecule has 7 nitrogen and oxygen atoms in total. The molecule has 2 aromatic carbocycles. The number of hydrogen-bond donors (Lipinski definition) is 1. The Morgan fingerprint density at radius 1 is 1.17 bits per heavy atom. The lowest BCUT2D eigenvalue weighted by atomic mass is 10.0. The summed E-state index contributed by atoms with van der Waals surface area (Å²) in [6.07, 6.45) is 5.38. The Hall–Kier alpha value is -3.39. The van der Waals surface area contributed by atoms with E-state index < -0.39 is 0 Å². The van der Waals surface area contributed by atoms with E-state index in [1.54, 1.807) is 16.8 Å². The molecular weight excluding hydrogens is 443 g/mol. The Morgan fingerprint density at radius 2 is 1.94 bits per heavy atom. The molecule has 1 aliphatic rings. The second-order valence-corrected chi connectivity index (χ2v) is 9.52. The molecule has 1 atom stereocenters. The molecule has 1 N–H and O–H groups in total. The molecule has 0 bridgehead atoms. The third kappa shape index (κ3) is 4.89. The van der Waals surface area contributed by atoms with Gasteiger partial charge in [-0.2, -0.15) is 0 Å². The van der Waals surface area contributed by atoms with Crippen molar-refractivity contribution in [1.29, 1.82) is 0 Å². The fourth-order valence-corrected chi connectivity index (χ4v) is 5.36. The number of aryl methyl sites for hydroxylation is 1. The van der Waals surface area contributed by atoms with Gasteiger partial charge in [-0.25, -0.2) is 9.07 Å². The lowest BCUT2D eigenvalue weighted by Gasteiger charge is -2.35. The van der Waals surface area contributed by atoms with Crippen LogP contribution in [0.1, 0.15) is 67.6 Å². The highest BCUT2D eigenvalue weighted by Crippen LogP contribution is 2.33. The van der Waals surface area contributed by atoms with Gasteiger partial charge in [-0.3, -0.25) is 9.69 Å². The summed E-state index contributed by atoms with van der Waals surface area (Å²) < 4.78 is 15.2. The first-order chi connectivity index (χ1) is 17.0. The van der Waals surface area contributed by atoms with E-state index >= 15 is 0 Å². The molecule has 8 heteroatoms. The van der Waals surface area contributed by atoms with Crippen molar-refractivity contribution in [3.63, 3.8) is 0 Å². The van der Waals surface area contributed by atoms with Crippen LogP contribution in [-0.4, -0.2) is 36.1 Å². The van der Waals surface area contributed by atoms with Gasteiger partial charge in [0.1, 0.15) is 5.82 Å². The van der Waals surface area contributed by atoms with Gasteiger partial charge in [-0.1, -0.05) is 50.1 Å². The highest BCUT2D eigenvalue weighted by atomic mass is 19.1. The number of nitrogens with one attached hydrogen (secondary N) is 1. The van der Waals surface area contributed by atoms with Crippen LogP contribution in [0.2, 0.25) is 0 Å². The molecule has 1 fully saturated rings. The van der Waals surface area contributed by atoms with Crippen molar-refractivity contribution in [2.24, 2.45) is 0 Å². The van der Waals surface area contributed by atoms with Gasteiger partial charge >= 0.3 is 0 Å². The fourth-order valence-electron chi connectivity index (χ4n) is 5.36. The van der Waals surface area contributed by atoms with E-state index in [0.717, 1.165) is 52.7 Å². The number of rotatable bonds is 8. The normalized spacial score (nSPS) is 15.3. The molecule has 35 heavy (non-hydrogen) atoms. The van der Waals surface area contributed by atoms with Gasteiger partial charge in [0.15, 0.2) is 5.82 Å². The van der Waals surface area contributed by atoms with Gasteiger partial charge < -0.3 is 4.98 Å². The largest absolute Gasteiger partial charge is 0.321 e. The fraction of sp³-hybridized carbons (Fsp3) is 0.407. The highest BCUT2D eigenvalue weighted by Gasteiger charge is 2.32. The van der Waals surface area contributed by atoms with E-state index in [1.165, 1.54) is 25.0 Å². The number of H-pyrrole nitrogens is 1. The summed E-state index contributed by atoms with van der Waals surface area (Å²) in [7, 11) is 0. The van der Waals surface area contributed by atoms with Crippen LogP contribution in [0.15, 0.2) is 53.3 Å².